The van der Waals surface area contributed by atoms with Crippen LogP contribution in [-0.2, 0) is 16.4 Å². The third-order valence-corrected chi connectivity index (χ3v) is 5.65. The van der Waals surface area contributed by atoms with Crippen LogP contribution in [0.15, 0.2) is 47.5 Å². The van der Waals surface area contributed by atoms with Gasteiger partial charge in [0.05, 0.1) is 4.90 Å². The highest BCUT2D eigenvalue weighted by atomic mass is 32.2. The largest absolute Gasteiger partial charge is 0.373 e. The van der Waals surface area contributed by atoms with Crippen molar-refractivity contribution in [2.75, 3.05) is 25.2 Å². The molecule has 0 radical (unpaired) electrons. The van der Waals surface area contributed by atoms with Crippen molar-refractivity contribution in [1.82, 2.24) is 9.88 Å². The third-order valence-electron chi connectivity index (χ3n) is 4.53. The molecular weight excluding hydrogens is 322 g/mol. The highest BCUT2D eigenvalue weighted by Crippen LogP contribution is 2.33. The van der Waals surface area contributed by atoms with Gasteiger partial charge in [-0.25, -0.2) is 13.4 Å². The zero-order valence-electron chi connectivity index (χ0n) is 14.1. The van der Waals surface area contributed by atoms with Crippen molar-refractivity contribution in [2.45, 2.75) is 30.3 Å². The Bertz CT molecular complexity index is 803. The van der Waals surface area contributed by atoms with Gasteiger partial charge in [0.2, 0.25) is 0 Å². The molecule has 1 unspecified atom stereocenters. The number of likely N-dealkylation sites (tertiary alicyclic amines) is 1. The van der Waals surface area contributed by atoms with Gasteiger partial charge in [-0.15, -0.1) is 0 Å². The second-order valence-electron chi connectivity index (χ2n) is 6.27. The topological polar surface area (TPSA) is 62.3 Å². The number of anilines is 1. The summed E-state index contributed by atoms with van der Waals surface area (Å²) in [5, 5.41) is 3.09. The minimum atomic E-state index is -3.14. The Hall–Kier alpha value is -1.92. The van der Waals surface area contributed by atoms with Gasteiger partial charge in [0.15, 0.2) is 9.84 Å². The minimum Gasteiger partial charge on any atom is -0.373 e. The van der Waals surface area contributed by atoms with Crippen molar-refractivity contribution < 1.29 is 8.42 Å². The van der Waals surface area contributed by atoms with Crippen LogP contribution in [0.3, 0.4) is 0 Å². The molecular formula is C18H23N3O2S. The molecule has 2 heterocycles. The molecule has 24 heavy (non-hydrogen) atoms. The Balaban J connectivity index is 1.76. The van der Waals surface area contributed by atoms with Gasteiger partial charge in [0.1, 0.15) is 5.82 Å². The lowest BCUT2D eigenvalue weighted by Gasteiger charge is -2.25. The summed E-state index contributed by atoms with van der Waals surface area (Å²) in [6, 6.07) is 11.8. The first-order chi connectivity index (χ1) is 11.5. The van der Waals surface area contributed by atoms with Crippen LogP contribution in [0, 0.1) is 0 Å². The molecule has 3 rings (SSSR count). The van der Waals surface area contributed by atoms with Gasteiger partial charge in [-0.05, 0) is 54.8 Å². The molecule has 1 aromatic heterocycles. The van der Waals surface area contributed by atoms with Crippen molar-refractivity contribution in [1.29, 1.82) is 0 Å². The maximum atomic E-state index is 11.6. The molecule has 6 heteroatoms. The van der Waals surface area contributed by atoms with Crippen molar-refractivity contribution in [3.8, 4) is 0 Å². The van der Waals surface area contributed by atoms with E-state index in [2.05, 4.69) is 27.3 Å². The summed E-state index contributed by atoms with van der Waals surface area (Å²) in [5.74, 6) is 0.886. The van der Waals surface area contributed by atoms with E-state index < -0.39 is 9.84 Å². The van der Waals surface area contributed by atoms with Crippen LogP contribution in [-0.4, -0.2) is 38.1 Å². The number of nitrogens with one attached hydrogen (secondary N) is 1. The molecule has 1 aliphatic heterocycles. The number of nitrogens with zero attached hydrogens (tertiary/aromatic N) is 2. The number of benzene rings is 1. The van der Waals surface area contributed by atoms with Crippen LogP contribution in [0.4, 0.5) is 5.82 Å². The summed E-state index contributed by atoms with van der Waals surface area (Å²) < 4.78 is 23.1. The van der Waals surface area contributed by atoms with E-state index in [1.165, 1.54) is 18.2 Å². The van der Waals surface area contributed by atoms with E-state index in [4.69, 9.17) is 0 Å². The fraction of sp³-hybridized carbons (Fsp3) is 0.389. The molecule has 0 saturated carbocycles. The summed E-state index contributed by atoms with van der Waals surface area (Å²) in [7, 11) is -1.26. The number of aromatic nitrogens is 1. The lowest BCUT2D eigenvalue weighted by Crippen LogP contribution is -2.22. The lowest BCUT2D eigenvalue weighted by molar-refractivity contribution is 0.248. The summed E-state index contributed by atoms with van der Waals surface area (Å²) in [4.78, 5) is 7.11. The minimum absolute atomic E-state index is 0.372. The maximum Gasteiger partial charge on any atom is 0.175 e. The molecule has 1 atom stereocenters. The van der Waals surface area contributed by atoms with E-state index in [9.17, 15) is 8.42 Å². The molecule has 128 valence electrons. The van der Waals surface area contributed by atoms with Gasteiger partial charge in [-0.3, -0.25) is 4.90 Å². The van der Waals surface area contributed by atoms with Gasteiger partial charge in [-0.1, -0.05) is 12.1 Å². The van der Waals surface area contributed by atoms with Crippen LogP contribution in [0.1, 0.15) is 30.0 Å². The molecule has 0 bridgehead atoms. The molecule has 2 aromatic rings. The summed E-state index contributed by atoms with van der Waals surface area (Å²) >= 11 is 0. The number of sulfone groups is 1. The average molecular weight is 345 g/mol. The van der Waals surface area contributed by atoms with Gasteiger partial charge in [-0.2, -0.15) is 0 Å². The first kappa shape index (κ1) is 16.9. The predicted molar refractivity (Wildman–Crippen MR) is 95.7 cm³/mol. The van der Waals surface area contributed by atoms with Crippen LogP contribution < -0.4 is 5.32 Å². The summed E-state index contributed by atoms with van der Waals surface area (Å²) in [5.41, 5.74) is 2.41. The Morgan fingerprint density at radius 1 is 1.25 bits per heavy atom. The monoisotopic (exact) mass is 345 g/mol. The van der Waals surface area contributed by atoms with E-state index in [1.54, 1.807) is 12.1 Å². The van der Waals surface area contributed by atoms with Gasteiger partial charge < -0.3 is 5.32 Å². The number of rotatable bonds is 5. The number of pyridine rings is 1. The van der Waals surface area contributed by atoms with E-state index >= 15 is 0 Å². The standard InChI is InChI=1S/C18H23N3O2S/c1-19-18-12-15(9-10-20-18)17-4-3-11-21(17)13-14-5-7-16(8-6-14)24(2,22)23/h5-10,12,17H,3-4,11,13H2,1-2H3,(H,19,20). The van der Waals surface area contributed by atoms with Gasteiger partial charge in [0.25, 0.3) is 0 Å². The molecule has 0 spiro atoms. The molecule has 1 aromatic carbocycles. The molecule has 1 N–H and O–H groups in total. The van der Waals surface area contributed by atoms with Crippen LogP contribution in [0.25, 0.3) is 0 Å². The van der Waals surface area contributed by atoms with E-state index in [-0.39, 0.29) is 0 Å². The molecule has 1 aliphatic rings. The Morgan fingerprint density at radius 2 is 2.00 bits per heavy atom. The van der Waals surface area contributed by atoms with Crippen molar-refractivity contribution >= 4 is 15.7 Å². The van der Waals surface area contributed by atoms with Gasteiger partial charge >= 0.3 is 0 Å². The first-order valence-electron chi connectivity index (χ1n) is 8.14. The second kappa shape index (κ2) is 6.91. The lowest BCUT2D eigenvalue weighted by atomic mass is 10.1. The zero-order valence-corrected chi connectivity index (χ0v) is 14.9. The number of hydrogen-bond acceptors (Lipinski definition) is 5. The van der Waals surface area contributed by atoms with Crippen LogP contribution in [0.2, 0.25) is 0 Å². The zero-order chi connectivity index (χ0) is 17.2. The fourth-order valence-corrected chi connectivity index (χ4v) is 3.89. The number of hydrogen-bond donors (Lipinski definition) is 1. The first-order valence-corrected chi connectivity index (χ1v) is 10.0. The fourth-order valence-electron chi connectivity index (χ4n) is 3.26. The Kier molecular flexibility index (Phi) is 4.87. The second-order valence-corrected chi connectivity index (χ2v) is 8.28. The SMILES string of the molecule is CNc1cc(C2CCCN2Cc2ccc(S(C)(=O)=O)cc2)ccn1. The van der Waals surface area contributed by atoms with E-state index in [1.807, 2.05) is 25.4 Å². The highest BCUT2D eigenvalue weighted by molar-refractivity contribution is 7.90. The van der Waals surface area contributed by atoms with Crippen molar-refractivity contribution in [3.63, 3.8) is 0 Å². The van der Waals surface area contributed by atoms with Crippen LogP contribution in [0.5, 0.6) is 0 Å². The smallest absolute Gasteiger partial charge is 0.175 e. The Morgan fingerprint density at radius 3 is 2.67 bits per heavy atom. The third kappa shape index (κ3) is 3.76. The average Bonchev–Trinajstić information content (AvgIpc) is 3.03. The maximum absolute atomic E-state index is 11.6. The summed E-state index contributed by atoms with van der Waals surface area (Å²) in [6.45, 7) is 1.88. The van der Waals surface area contributed by atoms with Crippen LogP contribution >= 0.6 is 0 Å². The molecule has 1 saturated heterocycles. The quantitative estimate of drug-likeness (QED) is 0.903. The molecule has 0 amide bonds. The molecule has 1 fully saturated rings. The normalized spacial score (nSPS) is 18.7. The molecule has 5 nitrogen and oxygen atoms in total. The summed E-state index contributed by atoms with van der Waals surface area (Å²) in [6.07, 6.45) is 5.39. The Labute approximate surface area is 143 Å². The molecule has 0 aliphatic carbocycles. The van der Waals surface area contributed by atoms with Crippen molar-refractivity contribution in [3.05, 3.63) is 53.7 Å². The van der Waals surface area contributed by atoms with Crippen molar-refractivity contribution in [2.24, 2.45) is 0 Å². The van der Waals surface area contributed by atoms with E-state index in [0.29, 0.717) is 10.9 Å². The van der Waals surface area contributed by atoms with Gasteiger partial charge in [0, 0.05) is 32.1 Å². The highest BCUT2D eigenvalue weighted by Gasteiger charge is 2.26. The van der Waals surface area contributed by atoms with E-state index in [0.717, 1.165) is 30.9 Å². The predicted octanol–water partition coefficient (Wildman–Crippen LogP) is 2.86.